The lowest BCUT2D eigenvalue weighted by molar-refractivity contribution is -0.136. The van der Waals surface area contributed by atoms with Crippen LogP contribution in [0.3, 0.4) is 0 Å². The highest BCUT2D eigenvalue weighted by atomic mass is 19.1. The van der Waals surface area contributed by atoms with Gasteiger partial charge in [0, 0.05) is 26.1 Å². The smallest absolute Gasteiger partial charge is 0.245 e. The quantitative estimate of drug-likeness (QED) is 0.896. The Morgan fingerprint density at radius 2 is 1.90 bits per heavy atom. The Labute approximate surface area is 119 Å². The number of nitrogens with one attached hydrogen (secondary N) is 1. The molecule has 1 aromatic carbocycles. The van der Waals surface area contributed by atoms with E-state index in [2.05, 4.69) is 5.32 Å². The summed E-state index contributed by atoms with van der Waals surface area (Å²) >= 11 is 0. The standard InChI is InChI=1S/C15H21FN2O2/c1-10(2)14(17-11(3)19)15(20)18(4)9-12-7-5-6-8-13(12)16/h5-8,10,14H,9H2,1-4H3,(H,17,19)/t14-/m0/s1. The van der Waals surface area contributed by atoms with Gasteiger partial charge in [-0.3, -0.25) is 9.59 Å². The van der Waals surface area contributed by atoms with Gasteiger partial charge in [-0.1, -0.05) is 32.0 Å². The number of carbonyl (C=O) groups excluding carboxylic acids is 2. The maximum atomic E-state index is 13.6. The molecule has 0 radical (unpaired) electrons. The van der Waals surface area contributed by atoms with Crippen LogP contribution < -0.4 is 5.32 Å². The molecule has 0 unspecified atom stereocenters. The van der Waals surface area contributed by atoms with Gasteiger partial charge in [0.2, 0.25) is 11.8 Å². The van der Waals surface area contributed by atoms with Crippen LogP contribution in [-0.2, 0) is 16.1 Å². The lowest BCUT2D eigenvalue weighted by Crippen LogP contribution is -2.49. The Morgan fingerprint density at radius 1 is 1.30 bits per heavy atom. The number of carbonyl (C=O) groups is 2. The van der Waals surface area contributed by atoms with Crippen molar-refractivity contribution in [3.8, 4) is 0 Å². The SMILES string of the molecule is CC(=O)N[C@H](C(=O)N(C)Cc1ccccc1F)C(C)C. The van der Waals surface area contributed by atoms with Gasteiger partial charge in [0.1, 0.15) is 11.9 Å². The fraction of sp³-hybridized carbons (Fsp3) is 0.467. The molecule has 0 saturated carbocycles. The molecule has 1 rings (SSSR count). The summed E-state index contributed by atoms with van der Waals surface area (Å²) in [5.74, 6) is -0.850. The van der Waals surface area contributed by atoms with Crippen LogP contribution >= 0.6 is 0 Å². The first kappa shape index (κ1) is 16.1. The van der Waals surface area contributed by atoms with E-state index in [0.29, 0.717) is 5.56 Å². The van der Waals surface area contributed by atoms with E-state index in [1.807, 2.05) is 13.8 Å². The van der Waals surface area contributed by atoms with Crippen molar-refractivity contribution in [2.45, 2.75) is 33.4 Å². The highest BCUT2D eigenvalue weighted by Crippen LogP contribution is 2.12. The number of hydrogen-bond donors (Lipinski definition) is 1. The minimum absolute atomic E-state index is 0.0329. The molecular weight excluding hydrogens is 259 g/mol. The van der Waals surface area contributed by atoms with E-state index >= 15 is 0 Å². The van der Waals surface area contributed by atoms with E-state index in [-0.39, 0.29) is 30.1 Å². The Hall–Kier alpha value is -1.91. The van der Waals surface area contributed by atoms with E-state index in [0.717, 1.165) is 0 Å². The van der Waals surface area contributed by atoms with Gasteiger partial charge >= 0.3 is 0 Å². The molecule has 0 heterocycles. The Morgan fingerprint density at radius 3 is 2.40 bits per heavy atom. The van der Waals surface area contributed by atoms with Gasteiger partial charge in [0.15, 0.2) is 0 Å². The van der Waals surface area contributed by atoms with Gasteiger partial charge in [-0.15, -0.1) is 0 Å². The van der Waals surface area contributed by atoms with Crippen molar-refractivity contribution >= 4 is 11.8 Å². The molecule has 4 nitrogen and oxygen atoms in total. The summed E-state index contributed by atoms with van der Waals surface area (Å²) in [6.07, 6.45) is 0. The second-order valence-corrected chi connectivity index (χ2v) is 5.21. The number of likely N-dealkylation sites (N-methyl/N-ethyl adjacent to an activating group) is 1. The topological polar surface area (TPSA) is 49.4 Å². The van der Waals surface area contributed by atoms with Gasteiger partial charge in [0.25, 0.3) is 0 Å². The van der Waals surface area contributed by atoms with Gasteiger partial charge in [-0.2, -0.15) is 0 Å². The van der Waals surface area contributed by atoms with Crippen molar-refractivity contribution in [1.82, 2.24) is 10.2 Å². The molecule has 1 aromatic rings. The van der Waals surface area contributed by atoms with Crippen molar-refractivity contribution in [1.29, 1.82) is 0 Å². The van der Waals surface area contributed by atoms with Crippen molar-refractivity contribution in [3.63, 3.8) is 0 Å². The van der Waals surface area contributed by atoms with E-state index in [1.54, 1.807) is 25.2 Å². The van der Waals surface area contributed by atoms with Crippen LogP contribution in [0.1, 0.15) is 26.3 Å². The molecule has 5 heteroatoms. The monoisotopic (exact) mass is 280 g/mol. The molecule has 0 aliphatic heterocycles. The third-order valence-electron chi connectivity index (χ3n) is 3.03. The molecule has 2 amide bonds. The minimum Gasteiger partial charge on any atom is -0.344 e. The summed E-state index contributed by atoms with van der Waals surface area (Å²) in [7, 11) is 1.60. The maximum absolute atomic E-state index is 13.6. The third-order valence-corrected chi connectivity index (χ3v) is 3.03. The second-order valence-electron chi connectivity index (χ2n) is 5.21. The number of halogens is 1. The number of hydrogen-bond acceptors (Lipinski definition) is 2. The number of amides is 2. The second kappa shape index (κ2) is 7.03. The lowest BCUT2D eigenvalue weighted by atomic mass is 10.0. The van der Waals surface area contributed by atoms with Crippen LogP contribution in [-0.4, -0.2) is 29.8 Å². The highest BCUT2D eigenvalue weighted by molar-refractivity contribution is 5.86. The molecule has 0 spiro atoms. The number of nitrogens with zero attached hydrogens (tertiary/aromatic N) is 1. The number of benzene rings is 1. The first-order valence-corrected chi connectivity index (χ1v) is 6.58. The average Bonchev–Trinajstić information content (AvgIpc) is 2.37. The lowest BCUT2D eigenvalue weighted by Gasteiger charge is -2.26. The summed E-state index contributed by atoms with van der Waals surface area (Å²) in [4.78, 5) is 24.9. The molecule has 1 atom stereocenters. The molecule has 0 saturated heterocycles. The first-order chi connectivity index (χ1) is 9.32. The van der Waals surface area contributed by atoms with Crippen LogP contribution in [0.25, 0.3) is 0 Å². The van der Waals surface area contributed by atoms with Gasteiger partial charge in [-0.25, -0.2) is 4.39 Å². The third kappa shape index (κ3) is 4.33. The highest BCUT2D eigenvalue weighted by Gasteiger charge is 2.26. The summed E-state index contributed by atoms with van der Waals surface area (Å²) < 4.78 is 13.6. The zero-order chi connectivity index (χ0) is 15.3. The van der Waals surface area contributed by atoms with E-state index in [1.165, 1.54) is 17.9 Å². The molecule has 20 heavy (non-hydrogen) atoms. The predicted octanol–water partition coefficient (Wildman–Crippen LogP) is 1.94. The fourth-order valence-corrected chi connectivity index (χ4v) is 1.93. The molecule has 0 aromatic heterocycles. The first-order valence-electron chi connectivity index (χ1n) is 6.58. The molecule has 110 valence electrons. The van der Waals surface area contributed by atoms with E-state index in [9.17, 15) is 14.0 Å². The van der Waals surface area contributed by atoms with Crippen molar-refractivity contribution in [2.75, 3.05) is 7.05 Å². The van der Waals surface area contributed by atoms with Crippen molar-refractivity contribution in [3.05, 3.63) is 35.6 Å². The normalized spacial score (nSPS) is 12.1. The minimum atomic E-state index is -0.593. The van der Waals surface area contributed by atoms with Crippen LogP contribution in [0.4, 0.5) is 4.39 Å². The van der Waals surface area contributed by atoms with Crippen LogP contribution in [0.15, 0.2) is 24.3 Å². The van der Waals surface area contributed by atoms with Crippen molar-refractivity contribution < 1.29 is 14.0 Å². The predicted molar refractivity (Wildman–Crippen MR) is 75.3 cm³/mol. The van der Waals surface area contributed by atoms with Crippen LogP contribution in [0, 0.1) is 11.7 Å². The zero-order valence-corrected chi connectivity index (χ0v) is 12.3. The van der Waals surface area contributed by atoms with Crippen LogP contribution in [0.5, 0.6) is 0 Å². The molecule has 0 aliphatic rings. The van der Waals surface area contributed by atoms with Crippen LogP contribution in [0.2, 0.25) is 0 Å². The molecular formula is C15H21FN2O2. The van der Waals surface area contributed by atoms with Gasteiger partial charge in [-0.05, 0) is 12.0 Å². The molecule has 0 fully saturated rings. The average molecular weight is 280 g/mol. The zero-order valence-electron chi connectivity index (χ0n) is 12.3. The Bertz CT molecular complexity index is 489. The largest absolute Gasteiger partial charge is 0.344 e. The molecule has 1 N–H and O–H groups in total. The summed E-state index contributed by atoms with van der Waals surface area (Å²) in [5, 5.41) is 2.64. The van der Waals surface area contributed by atoms with E-state index < -0.39 is 6.04 Å². The Kier molecular flexibility index (Phi) is 5.67. The van der Waals surface area contributed by atoms with Gasteiger partial charge in [0.05, 0.1) is 0 Å². The summed E-state index contributed by atoms with van der Waals surface area (Å²) in [6, 6.07) is 5.74. The van der Waals surface area contributed by atoms with Gasteiger partial charge < -0.3 is 10.2 Å². The fourth-order valence-electron chi connectivity index (χ4n) is 1.93. The van der Waals surface area contributed by atoms with E-state index in [4.69, 9.17) is 0 Å². The maximum Gasteiger partial charge on any atom is 0.245 e. The number of rotatable bonds is 5. The summed E-state index contributed by atoms with van der Waals surface area (Å²) in [5.41, 5.74) is 0.452. The molecule has 0 bridgehead atoms. The molecule has 0 aliphatic carbocycles. The Balaban J connectivity index is 2.79. The summed E-state index contributed by atoms with van der Waals surface area (Å²) in [6.45, 7) is 5.26. The van der Waals surface area contributed by atoms with Crippen molar-refractivity contribution in [2.24, 2.45) is 5.92 Å².